The van der Waals surface area contributed by atoms with E-state index in [9.17, 15) is 12.3 Å². The van der Waals surface area contributed by atoms with E-state index in [0.717, 1.165) is 0 Å². The topological polar surface area (TPSA) is 43.4 Å². The lowest BCUT2D eigenvalue weighted by Crippen LogP contribution is -2.25. The van der Waals surface area contributed by atoms with Crippen molar-refractivity contribution in [2.75, 3.05) is 19.0 Å². The number of rotatable bonds is 2. The van der Waals surface area contributed by atoms with Gasteiger partial charge in [-0.25, -0.2) is 0 Å². The van der Waals surface area contributed by atoms with E-state index in [1.807, 2.05) is 0 Å². The van der Waals surface area contributed by atoms with Gasteiger partial charge in [-0.05, 0) is 6.42 Å². The molecule has 0 aromatic rings. The maximum absolute atomic E-state index is 12.2. The molecule has 1 saturated heterocycles. The van der Waals surface area contributed by atoms with Crippen LogP contribution in [0.1, 0.15) is 13.3 Å². The van der Waals surface area contributed by atoms with Crippen LogP contribution in [0, 0.1) is 5.41 Å². The zero-order valence-corrected chi connectivity index (χ0v) is 7.16. The molecule has 1 rings (SSSR count). The molecule has 0 saturated carbocycles. The third-order valence-electron chi connectivity index (χ3n) is 1.82. The van der Waals surface area contributed by atoms with Crippen molar-refractivity contribution < 1.29 is 17.0 Å². The second-order valence-corrected chi connectivity index (χ2v) is 4.66. The first-order chi connectivity index (χ1) is 4.91. The van der Waals surface area contributed by atoms with Crippen LogP contribution in [-0.2, 0) is 15.0 Å². The van der Waals surface area contributed by atoms with E-state index in [1.165, 1.54) is 0 Å². The van der Waals surface area contributed by atoms with Crippen molar-refractivity contribution in [1.29, 1.82) is 0 Å². The third kappa shape index (κ3) is 2.75. The predicted octanol–water partition coefficient (Wildman–Crippen LogP) is 0.712. The van der Waals surface area contributed by atoms with E-state index >= 15 is 0 Å². The van der Waals surface area contributed by atoms with Crippen LogP contribution in [0.15, 0.2) is 0 Å². The number of hydrogen-bond acceptors (Lipinski definition) is 3. The molecule has 1 atom stereocenters. The third-order valence-corrected chi connectivity index (χ3v) is 2.86. The van der Waals surface area contributed by atoms with Crippen LogP contribution in [0.3, 0.4) is 0 Å². The highest BCUT2D eigenvalue weighted by atomic mass is 32.3. The van der Waals surface area contributed by atoms with Gasteiger partial charge in [-0.2, -0.15) is 8.42 Å². The van der Waals surface area contributed by atoms with Crippen LogP contribution in [0.25, 0.3) is 0 Å². The van der Waals surface area contributed by atoms with E-state index in [2.05, 4.69) is 0 Å². The Balaban J connectivity index is 2.60. The van der Waals surface area contributed by atoms with Gasteiger partial charge in [0.25, 0.3) is 0 Å². The van der Waals surface area contributed by atoms with Crippen LogP contribution in [-0.4, -0.2) is 27.4 Å². The van der Waals surface area contributed by atoms with E-state index < -0.39 is 21.4 Å². The van der Waals surface area contributed by atoms with E-state index in [1.54, 1.807) is 6.92 Å². The molecule has 0 aliphatic carbocycles. The fraction of sp³-hybridized carbons (Fsp3) is 1.00. The summed E-state index contributed by atoms with van der Waals surface area (Å²) in [5, 5.41) is 0. The lowest BCUT2D eigenvalue weighted by molar-refractivity contribution is 0.167. The minimum absolute atomic E-state index is 0.343. The summed E-state index contributed by atoms with van der Waals surface area (Å²) in [6, 6.07) is 0. The highest BCUT2D eigenvalue weighted by Crippen LogP contribution is 2.29. The van der Waals surface area contributed by atoms with E-state index in [0.29, 0.717) is 19.6 Å². The Bertz CT molecular complexity index is 228. The monoisotopic (exact) mass is 182 g/mol. The van der Waals surface area contributed by atoms with Gasteiger partial charge in [0.15, 0.2) is 0 Å². The molecule has 1 unspecified atom stereocenters. The molecule has 66 valence electrons. The average Bonchev–Trinajstić information content (AvgIpc) is 2.09. The summed E-state index contributed by atoms with van der Waals surface area (Å²) in [6.07, 6.45) is 0.621. The van der Waals surface area contributed by atoms with Gasteiger partial charge in [-0.3, -0.25) is 0 Å². The van der Waals surface area contributed by atoms with Crippen LogP contribution >= 0.6 is 0 Å². The van der Waals surface area contributed by atoms with Crippen molar-refractivity contribution in [3.8, 4) is 0 Å². The van der Waals surface area contributed by atoms with Crippen molar-refractivity contribution in [2.45, 2.75) is 13.3 Å². The summed E-state index contributed by atoms with van der Waals surface area (Å²) >= 11 is 0. The summed E-state index contributed by atoms with van der Waals surface area (Å²) in [7, 11) is -4.35. The molecular weight excluding hydrogens is 171 g/mol. The zero-order chi connectivity index (χ0) is 8.54. The Morgan fingerprint density at radius 3 is 2.64 bits per heavy atom. The molecule has 11 heavy (non-hydrogen) atoms. The molecule has 0 bridgehead atoms. The summed E-state index contributed by atoms with van der Waals surface area (Å²) in [4.78, 5) is 0. The summed E-state index contributed by atoms with van der Waals surface area (Å²) in [5.74, 6) is -0.417. The predicted molar refractivity (Wildman–Crippen MR) is 38.4 cm³/mol. The van der Waals surface area contributed by atoms with Crippen molar-refractivity contribution in [1.82, 2.24) is 0 Å². The minimum Gasteiger partial charge on any atom is -0.381 e. The maximum atomic E-state index is 12.2. The van der Waals surface area contributed by atoms with Gasteiger partial charge < -0.3 is 4.74 Å². The van der Waals surface area contributed by atoms with Gasteiger partial charge >= 0.3 is 10.2 Å². The van der Waals surface area contributed by atoms with Crippen molar-refractivity contribution >= 4 is 10.2 Å². The van der Waals surface area contributed by atoms with Crippen LogP contribution in [0.2, 0.25) is 0 Å². The van der Waals surface area contributed by atoms with Crippen molar-refractivity contribution in [2.24, 2.45) is 5.41 Å². The second-order valence-electron chi connectivity index (χ2n) is 3.30. The van der Waals surface area contributed by atoms with Crippen LogP contribution in [0.4, 0.5) is 3.89 Å². The molecule has 1 fully saturated rings. The Morgan fingerprint density at radius 1 is 1.64 bits per heavy atom. The first-order valence-electron chi connectivity index (χ1n) is 3.41. The maximum Gasteiger partial charge on any atom is 0.303 e. The molecule has 0 spiro atoms. The summed E-state index contributed by atoms with van der Waals surface area (Å²) < 4.78 is 37.7. The number of hydrogen-bond donors (Lipinski definition) is 0. The first-order valence-corrected chi connectivity index (χ1v) is 4.97. The van der Waals surface area contributed by atoms with Gasteiger partial charge in [-0.1, -0.05) is 6.92 Å². The van der Waals surface area contributed by atoms with Gasteiger partial charge in [0.05, 0.1) is 12.4 Å². The lowest BCUT2D eigenvalue weighted by atomic mass is 9.93. The van der Waals surface area contributed by atoms with E-state index in [4.69, 9.17) is 4.74 Å². The molecule has 5 heteroatoms. The molecule has 3 nitrogen and oxygen atoms in total. The van der Waals surface area contributed by atoms with Crippen LogP contribution in [0.5, 0.6) is 0 Å². The lowest BCUT2D eigenvalue weighted by Gasteiger charge is -2.17. The minimum atomic E-state index is -4.35. The quantitative estimate of drug-likeness (QED) is 0.591. The fourth-order valence-electron chi connectivity index (χ4n) is 1.24. The molecule has 1 aliphatic heterocycles. The molecule has 0 radical (unpaired) electrons. The van der Waals surface area contributed by atoms with Gasteiger partial charge in [0.2, 0.25) is 0 Å². The molecule has 0 N–H and O–H groups in total. The smallest absolute Gasteiger partial charge is 0.303 e. The zero-order valence-electron chi connectivity index (χ0n) is 6.34. The molecule has 0 aromatic carbocycles. The Hall–Kier alpha value is -0.160. The standard InChI is InChI=1S/C6H11FO3S/c1-6(2-3-10-4-6)5-11(7,8)9/h2-5H2,1H3. The van der Waals surface area contributed by atoms with Gasteiger partial charge in [-0.15, -0.1) is 3.89 Å². The van der Waals surface area contributed by atoms with E-state index in [-0.39, 0.29) is 0 Å². The first kappa shape index (κ1) is 8.93. The molecule has 0 amide bonds. The molecule has 1 aliphatic rings. The summed E-state index contributed by atoms with van der Waals surface area (Å²) in [5.41, 5.74) is -0.506. The Labute approximate surface area is 65.8 Å². The Kier molecular flexibility index (Phi) is 2.20. The molecule has 0 aromatic heterocycles. The number of ether oxygens (including phenoxy) is 1. The van der Waals surface area contributed by atoms with Crippen LogP contribution < -0.4 is 0 Å². The second kappa shape index (κ2) is 2.71. The number of halogens is 1. The largest absolute Gasteiger partial charge is 0.381 e. The highest BCUT2D eigenvalue weighted by Gasteiger charge is 2.34. The highest BCUT2D eigenvalue weighted by molar-refractivity contribution is 7.86. The van der Waals surface area contributed by atoms with Gasteiger partial charge in [0.1, 0.15) is 0 Å². The van der Waals surface area contributed by atoms with Crippen molar-refractivity contribution in [3.05, 3.63) is 0 Å². The van der Waals surface area contributed by atoms with Gasteiger partial charge in [0, 0.05) is 12.0 Å². The SMILES string of the molecule is CC1(CS(=O)(=O)F)CCOC1. The average molecular weight is 182 g/mol. The normalized spacial score (nSPS) is 32.5. The summed E-state index contributed by atoms with van der Waals surface area (Å²) in [6.45, 7) is 2.60. The molecule has 1 heterocycles. The fourth-order valence-corrected chi connectivity index (χ4v) is 2.30. The van der Waals surface area contributed by atoms with Crippen molar-refractivity contribution in [3.63, 3.8) is 0 Å². The molecular formula is C6H11FO3S. The Morgan fingerprint density at radius 2 is 2.27 bits per heavy atom.